The van der Waals surface area contributed by atoms with Gasteiger partial charge in [0, 0.05) is 25.8 Å². The number of halogens is 3. The van der Waals surface area contributed by atoms with Gasteiger partial charge in [0.15, 0.2) is 0 Å². The lowest BCUT2D eigenvalue weighted by Crippen LogP contribution is -1.94. The van der Waals surface area contributed by atoms with Crippen molar-refractivity contribution in [2.24, 2.45) is 0 Å². The summed E-state index contributed by atoms with van der Waals surface area (Å²) in [5.74, 6) is 1.51. The first-order chi connectivity index (χ1) is 11.6. The molecule has 1 aliphatic rings. The molecule has 3 aromatic rings. The molecule has 0 aliphatic carbocycles. The van der Waals surface area contributed by atoms with Gasteiger partial charge in [0.1, 0.15) is 11.5 Å². The lowest BCUT2D eigenvalue weighted by Gasteiger charge is -2.22. The second kappa shape index (κ2) is 6.74. The van der Waals surface area contributed by atoms with Crippen LogP contribution in [0.3, 0.4) is 0 Å². The van der Waals surface area contributed by atoms with Gasteiger partial charge in [-0.05, 0) is 30.3 Å². The molecular formula is C18H9Cl3OS2. The maximum Gasteiger partial charge on any atom is 0.143 e. The molecule has 4 rings (SSSR count). The summed E-state index contributed by atoms with van der Waals surface area (Å²) in [5.41, 5.74) is 0. The molecular weight excluding hydrogens is 403 g/mol. The van der Waals surface area contributed by atoms with Crippen LogP contribution in [0.5, 0.6) is 11.5 Å². The number of hydrogen-bond acceptors (Lipinski definition) is 3. The Morgan fingerprint density at radius 3 is 2.08 bits per heavy atom. The average molecular weight is 412 g/mol. The van der Waals surface area contributed by atoms with Crippen molar-refractivity contribution in [1.29, 1.82) is 0 Å². The number of benzene rings is 3. The molecule has 0 N–H and O–H groups in total. The molecule has 0 spiro atoms. The third-order valence-electron chi connectivity index (χ3n) is 3.38. The number of para-hydroxylation sites is 1. The molecule has 0 bridgehead atoms. The first kappa shape index (κ1) is 16.5. The zero-order chi connectivity index (χ0) is 16.7. The SMILES string of the molecule is Clc1cc(Oc2ccccc2)c2c(c1)Sc1cc(Cl)c(Cl)cc1S2. The molecule has 0 saturated heterocycles. The van der Waals surface area contributed by atoms with Crippen molar-refractivity contribution in [1.82, 2.24) is 0 Å². The molecule has 0 amide bonds. The summed E-state index contributed by atoms with van der Waals surface area (Å²) in [6.45, 7) is 0. The van der Waals surface area contributed by atoms with Crippen molar-refractivity contribution in [2.75, 3.05) is 0 Å². The molecule has 0 unspecified atom stereocenters. The van der Waals surface area contributed by atoms with E-state index in [4.69, 9.17) is 39.5 Å². The smallest absolute Gasteiger partial charge is 0.143 e. The van der Waals surface area contributed by atoms with E-state index < -0.39 is 0 Å². The minimum Gasteiger partial charge on any atom is -0.456 e. The molecule has 0 fully saturated rings. The second-order valence-corrected chi connectivity index (χ2v) is 8.45. The summed E-state index contributed by atoms with van der Waals surface area (Å²) in [7, 11) is 0. The third-order valence-corrected chi connectivity index (χ3v) is 6.86. The normalized spacial score (nSPS) is 12.5. The van der Waals surface area contributed by atoms with E-state index >= 15 is 0 Å². The summed E-state index contributed by atoms with van der Waals surface area (Å²) < 4.78 is 6.05. The monoisotopic (exact) mass is 410 g/mol. The van der Waals surface area contributed by atoms with Crippen LogP contribution in [0.15, 0.2) is 74.2 Å². The number of rotatable bonds is 2. The van der Waals surface area contributed by atoms with E-state index in [1.165, 1.54) is 0 Å². The van der Waals surface area contributed by atoms with E-state index in [0.717, 1.165) is 31.1 Å². The Bertz CT molecular complexity index is 929. The fourth-order valence-corrected chi connectivity index (χ4v) is 5.41. The van der Waals surface area contributed by atoms with Crippen LogP contribution in [0, 0.1) is 0 Å². The van der Waals surface area contributed by atoms with Crippen molar-refractivity contribution in [3.05, 3.63) is 69.7 Å². The Morgan fingerprint density at radius 2 is 1.38 bits per heavy atom. The Labute approximate surface area is 163 Å². The van der Waals surface area contributed by atoms with E-state index in [9.17, 15) is 0 Å². The summed E-state index contributed by atoms with van der Waals surface area (Å²) >= 11 is 21.8. The molecule has 1 aliphatic heterocycles. The first-order valence-electron chi connectivity index (χ1n) is 7.01. The van der Waals surface area contributed by atoms with Crippen LogP contribution in [0.25, 0.3) is 0 Å². The highest BCUT2D eigenvalue weighted by molar-refractivity contribution is 8.05. The van der Waals surface area contributed by atoms with Gasteiger partial charge in [-0.15, -0.1) is 0 Å². The van der Waals surface area contributed by atoms with Gasteiger partial charge in [0.25, 0.3) is 0 Å². The van der Waals surface area contributed by atoms with Crippen molar-refractivity contribution >= 4 is 58.3 Å². The summed E-state index contributed by atoms with van der Waals surface area (Å²) in [4.78, 5) is 4.19. The Morgan fingerprint density at radius 1 is 0.708 bits per heavy atom. The molecule has 3 aromatic carbocycles. The number of hydrogen-bond donors (Lipinski definition) is 0. The van der Waals surface area contributed by atoms with E-state index in [0.29, 0.717) is 15.1 Å². The van der Waals surface area contributed by atoms with Crippen molar-refractivity contribution < 1.29 is 4.74 Å². The van der Waals surface area contributed by atoms with Crippen LogP contribution in [-0.2, 0) is 0 Å². The molecule has 6 heteroatoms. The Kier molecular flexibility index (Phi) is 4.63. The van der Waals surface area contributed by atoms with Gasteiger partial charge >= 0.3 is 0 Å². The highest BCUT2D eigenvalue weighted by Crippen LogP contribution is 2.54. The summed E-state index contributed by atoms with van der Waals surface area (Å²) in [6.07, 6.45) is 0. The van der Waals surface area contributed by atoms with Crippen molar-refractivity contribution in [3.63, 3.8) is 0 Å². The summed E-state index contributed by atoms with van der Waals surface area (Å²) in [6, 6.07) is 17.2. The summed E-state index contributed by atoms with van der Waals surface area (Å²) in [5, 5.41) is 1.73. The van der Waals surface area contributed by atoms with Gasteiger partial charge in [-0.3, -0.25) is 0 Å². The molecule has 1 heterocycles. The fraction of sp³-hybridized carbons (Fsp3) is 0. The lowest BCUT2D eigenvalue weighted by atomic mass is 10.3. The number of ether oxygens (including phenoxy) is 1. The third kappa shape index (κ3) is 3.24. The van der Waals surface area contributed by atoms with Crippen molar-refractivity contribution in [3.8, 4) is 11.5 Å². The van der Waals surface area contributed by atoms with Gasteiger partial charge in [-0.1, -0.05) is 76.5 Å². The molecule has 0 saturated carbocycles. The van der Waals surface area contributed by atoms with Crippen LogP contribution >= 0.6 is 58.3 Å². The second-order valence-electron chi connectivity index (χ2n) is 5.06. The van der Waals surface area contributed by atoms with Gasteiger partial charge in [-0.2, -0.15) is 0 Å². The van der Waals surface area contributed by atoms with Gasteiger partial charge in [0.2, 0.25) is 0 Å². The lowest BCUT2D eigenvalue weighted by molar-refractivity contribution is 0.468. The van der Waals surface area contributed by atoms with Crippen LogP contribution in [0.2, 0.25) is 15.1 Å². The highest BCUT2D eigenvalue weighted by atomic mass is 35.5. The quantitative estimate of drug-likeness (QED) is 0.330. The molecule has 0 radical (unpaired) electrons. The number of fused-ring (bicyclic) bond motifs is 2. The van der Waals surface area contributed by atoms with E-state index in [-0.39, 0.29) is 0 Å². The van der Waals surface area contributed by atoms with Crippen LogP contribution < -0.4 is 4.74 Å². The fourth-order valence-electron chi connectivity index (χ4n) is 2.31. The molecule has 24 heavy (non-hydrogen) atoms. The van der Waals surface area contributed by atoms with E-state index in [1.54, 1.807) is 23.5 Å². The standard InChI is InChI=1S/C18H9Cl3OS2/c19-10-6-14(22-11-4-2-1-3-5-11)18-17(7-10)23-15-8-12(20)13(21)9-16(15)24-18/h1-9H. The zero-order valence-electron chi connectivity index (χ0n) is 12.1. The van der Waals surface area contributed by atoms with Gasteiger partial charge in [-0.25, -0.2) is 0 Å². The maximum absolute atomic E-state index is 6.28. The Balaban J connectivity index is 1.77. The topological polar surface area (TPSA) is 9.23 Å². The Hall–Kier alpha value is -0.970. The largest absolute Gasteiger partial charge is 0.456 e. The molecule has 0 aromatic heterocycles. The predicted molar refractivity (Wildman–Crippen MR) is 103 cm³/mol. The van der Waals surface area contributed by atoms with Gasteiger partial charge in [0.05, 0.1) is 14.9 Å². The van der Waals surface area contributed by atoms with Crippen LogP contribution in [-0.4, -0.2) is 0 Å². The zero-order valence-corrected chi connectivity index (χ0v) is 16.0. The highest BCUT2D eigenvalue weighted by Gasteiger charge is 2.23. The predicted octanol–water partition coefficient (Wildman–Crippen LogP) is 8.05. The van der Waals surface area contributed by atoms with Gasteiger partial charge < -0.3 is 4.74 Å². The molecule has 0 atom stereocenters. The molecule has 1 nitrogen and oxygen atoms in total. The maximum atomic E-state index is 6.28. The minimum atomic E-state index is 0.548. The van der Waals surface area contributed by atoms with Crippen molar-refractivity contribution in [2.45, 2.75) is 19.6 Å². The average Bonchev–Trinajstić information content (AvgIpc) is 2.56. The van der Waals surface area contributed by atoms with Crippen LogP contribution in [0.1, 0.15) is 0 Å². The first-order valence-corrected chi connectivity index (χ1v) is 9.78. The van der Waals surface area contributed by atoms with Crippen LogP contribution in [0.4, 0.5) is 0 Å². The molecule has 120 valence electrons. The minimum absolute atomic E-state index is 0.548. The van der Waals surface area contributed by atoms with E-state index in [1.807, 2.05) is 54.6 Å². The van der Waals surface area contributed by atoms with E-state index in [2.05, 4.69) is 0 Å².